The Morgan fingerprint density at radius 3 is 2.66 bits per heavy atom. The maximum absolute atomic E-state index is 5.00. The van der Waals surface area contributed by atoms with Gasteiger partial charge in [0.25, 0.3) is 0 Å². The summed E-state index contributed by atoms with van der Waals surface area (Å²) in [5, 5.41) is 19.4. The molecule has 0 aliphatic heterocycles. The Bertz CT molecular complexity index is 1190. The Balaban J connectivity index is 1.34. The number of H-pyrrole nitrogens is 1. The zero-order valence-corrected chi connectivity index (χ0v) is 20.5. The van der Waals surface area contributed by atoms with Gasteiger partial charge in [0.2, 0.25) is 5.82 Å². The number of nitrogens with one attached hydrogen (secondary N) is 1. The van der Waals surface area contributed by atoms with Crippen molar-refractivity contribution in [2.24, 2.45) is 5.92 Å². The number of aryl methyl sites for hydroxylation is 1. The van der Waals surface area contributed by atoms with E-state index in [2.05, 4.69) is 61.5 Å². The Labute approximate surface area is 206 Å². The molecule has 1 aromatic carbocycles. The van der Waals surface area contributed by atoms with Crippen LogP contribution in [0.15, 0.2) is 42.6 Å². The minimum absolute atomic E-state index is 0.495. The summed E-state index contributed by atoms with van der Waals surface area (Å²) in [6.07, 6.45) is 14.1. The number of benzene rings is 1. The highest BCUT2D eigenvalue weighted by Gasteiger charge is 2.18. The van der Waals surface area contributed by atoms with Crippen molar-refractivity contribution in [2.75, 3.05) is 0 Å². The summed E-state index contributed by atoms with van der Waals surface area (Å²) >= 11 is 0. The fraction of sp³-hybridized carbons (Fsp3) is 0.481. The summed E-state index contributed by atoms with van der Waals surface area (Å²) < 4.78 is 2.14. The molecule has 0 spiro atoms. The zero-order chi connectivity index (χ0) is 23.9. The fourth-order valence-electron chi connectivity index (χ4n) is 5.05. The molecule has 1 aliphatic carbocycles. The zero-order valence-electron chi connectivity index (χ0n) is 20.5. The van der Waals surface area contributed by atoms with Crippen molar-refractivity contribution < 1.29 is 0 Å². The van der Waals surface area contributed by atoms with E-state index in [-0.39, 0.29) is 0 Å². The van der Waals surface area contributed by atoms with Crippen molar-refractivity contribution in [3.8, 4) is 22.6 Å². The van der Waals surface area contributed by atoms with Gasteiger partial charge in [-0.05, 0) is 34.7 Å². The molecule has 1 aliphatic rings. The lowest BCUT2D eigenvalue weighted by Gasteiger charge is -2.19. The van der Waals surface area contributed by atoms with Crippen LogP contribution in [0.4, 0.5) is 0 Å². The van der Waals surface area contributed by atoms with Crippen LogP contribution >= 0.6 is 0 Å². The summed E-state index contributed by atoms with van der Waals surface area (Å²) in [7, 11) is 0. The second-order valence-electron chi connectivity index (χ2n) is 9.60. The number of aromatic amines is 1. The molecule has 3 heterocycles. The number of hydrogen-bond donors (Lipinski definition) is 1. The van der Waals surface area contributed by atoms with Gasteiger partial charge in [-0.1, -0.05) is 82.2 Å². The molecule has 3 aromatic heterocycles. The Kier molecular flexibility index (Phi) is 7.56. The maximum Gasteiger partial charge on any atom is 0.223 e. The minimum Gasteiger partial charge on any atom is -0.252 e. The van der Waals surface area contributed by atoms with E-state index in [9.17, 15) is 0 Å². The molecule has 182 valence electrons. The molecule has 0 saturated heterocycles. The summed E-state index contributed by atoms with van der Waals surface area (Å²) in [4.78, 5) is 9.48. The van der Waals surface area contributed by atoms with E-state index in [1.54, 1.807) is 6.20 Å². The van der Waals surface area contributed by atoms with Gasteiger partial charge in [-0.15, -0.1) is 10.2 Å². The van der Waals surface area contributed by atoms with Gasteiger partial charge in [0, 0.05) is 24.6 Å². The van der Waals surface area contributed by atoms with Gasteiger partial charge in [-0.25, -0.2) is 9.67 Å². The first-order chi connectivity index (χ1) is 17.3. The molecule has 35 heavy (non-hydrogen) atoms. The van der Waals surface area contributed by atoms with Gasteiger partial charge in [-0.3, -0.25) is 4.98 Å². The monoisotopic (exact) mass is 470 g/mol. The van der Waals surface area contributed by atoms with Crippen LogP contribution in [0.25, 0.3) is 22.6 Å². The van der Waals surface area contributed by atoms with E-state index in [0.717, 1.165) is 60.2 Å². The normalized spacial score (nSPS) is 14.4. The predicted molar refractivity (Wildman–Crippen MR) is 135 cm³/mol. The average Bonchev–Trinajstić information content (AvgIpc) is 3.56. The molecule has 5 rings (SSSR count). The van der Waals surface area contributed by atoms with Gasteiger partial charge >= 0.3 is 0 Å². The van der Waals surface area contributed by atoms with E-state index in [0.29, 0.717) is 5.82 Å². The van der Waals surface area contributed by atoms with Crippen LogP contribution < -0.4 is 0 Å². The van der Waals surface area contributed by atoms with E-state index in [1.807, 2.05) is 12.1 Å². The number of hydrogen-bond acceptors (Lipinski definition) is 6. The van der Waals surface area contributed by atoms with Crippen LogP contribution in [0, 0.1) is 5.92 Å². The van der Waals surface area contributed by atoms with Crippen molar-refractivity contribution >= 4 is 0 Å². The standard InChI is InChI=1S/C27H34N8/c1-2-3-5-12-25-29-24(18-20-9-6-4-7-10-20)32-35(25)19-21-13-15-22(16-14-21)23-11-8-17-28-26(23)27-30-33-34-31-27/h8,11,13-17,20H,2-7,9-10,12,18-19H2,1H3,(H,30,31,33,34). The molecule has 4 aromatic rings. The predicted octanol–water partition coefficient (Wildman–Crippen LogP) is 5.42. The molecule has 1 N–H and O–H groups in total. The molecule has 1 saturated carbocycles. The fourth-order valence-corrected chi connectivity index (χ4v) is 5.05. The molecule has 0 bridgehead atoms. The second-order valence-corrected chi connectivity index (χ2v) is 9.60. The van der Waals surface area contributed by atoms with Crippen molar-refractivity contribution in [1.82, 2.24) is 40.4 Å². The third kappa shape index (κ3) is 5.81. The highest BCUT2D eigenvalue weighted by molar-refractivity contribution is 5.77. The van der Waals surface area contributed by atoms with Crippen molar-refractivity contribution in [3.05, 3.63) is 59.8 Å². The Morgan fingerprint density at radius 1 is 1.03 bits per heavy atom. The molecular formula is C27H34N8. The molecule has 1 fully saturated rings. The van der Waals surface area contributed by atoms with Gasteiger partial charge in [0.15, 0.2) is 5.82 Å². The van der Waals surface area contributed by atoms with Crippen LogP contribution in [0.5, 0.6) is 0 Å². The first-order valence-electron chi connectivity index (χ1n) is 13.0. The van der Waals surface area contributed by atoms with Crippen LogP contribution in [-0.2, 0) is 19.4 Å². The molecule has 8 heteroatoms. The topological polar surface area (TPSA) is 98.1 Å². The van der Waals surface area contributed by atoms with Crippen molar-refractivity contribution in [1.29, 1.82) is 0 Å². The quantitative estimate of drug-likeness (QED) is 0.311. The lowest BCUT2D eigenvalue weighted by Crippen LogP contribution is -2.11. The summed E-state index contributed by atoms with van der Waals surface area (Å²) in [5.41, 5.74) is 3.98. The van der Waals surface area contributed by atoms with Crippen LogP contribution in [0.2, 0.25) is 0 Å². The molecule has 0 radical (unpaired) electrons. The highest BCUT2D eigenvalue weighted by atomic mass is 15.5. The second kappa shape index (κ2) is 11.3. The van der Waals surface area contributed by atoms with Crippen molar-refractivity contribution in [2.45, 2.75) is 77.7 Å². The number of nitrogens with zero attached hydrogens (tertiary/aromatic N) is 7. The van der Waals surface area contributed by atoms with Crippen molar-refractivity contribution in [3.63, 3.8) is 0 Å². The van der Waals surface area contributed by atoms with E-state index < -0.39 is 0 Å². The molecule has 8 nitrogen and oxygen atoms in total. The number of tetrazole rings is 1. The smallest absolute Gasteiger partial charge is 0.223 e. The first-order valence-corrected chi connectivity index (χ1v) is 13.0. The van der Waals surface area contributed by atoms with Crippen LogP contribution in [0.1, 0.15) is 75.5 Å². The molecular weight excluding hydrogens is 436 g/mol. The lowest BCUT2D eigenvalue weighted by atomic mass is 9.87. The van der Waals surface area contributed by atoms with Crippen LogP contribution in [0.3, 0.4) is 0 Å². The minimum atomic E-state index is 0.495. The molecule has 0 unspecified atom stereocenters. The third-order valence-electron chi connectivity index (χ3n) is 6.95. The van der Waals surface area contributed by atoms with Gasteiger partial charge in [-0.2, -0.15) is 10.3 Å². The first kappa shape index (κ1) is 23.3. The Hall–Kier alpha value is -3.42. The highest BCUT2D eigenvalue weighted by Crippen LogP contribution is 2.28. The van der Waals surface area contributed by atoms with E-state index >= 15 is 0 Å². The number of unbranched alkanes of at least 4 members (excludes halogenated alkanes) is 2. The van der Waals surface area contributed by atoms with Gasteiger partial charge < -0.3 is 0 Å². The number of rotatable bonds is 10. The number of aromatic nitrogens is 8. The van der Waals surface area contributed by atoms with Gasteiger partial charge in [0.1, 0.15) is 11.5 Å². The number of pyridine rings is 1. The summed E-state index contributed by atoms with van der Waals surface area (Å²) in [5.74, 6) is 3.39. The molecule has 0 atom stereocenters. The van der Waals surface area contributed by atoms with Crippen LogP contribution in [-0.4, -0.2) is 40.4 Å². The van der Waals surface area contributed by atoms with E-state index in [1.165, 1.54) is 50.5 Å². The maximum atomic E-state index is 5.00. The molecule has 0 amide bonds. The lowest BCUT2D eigenvalue weighted by molar-refractivity contribution is 0.351. The average molecular weight is 471 g/mol. The summed E-state index contributed by atoms with van der Waals surface area (Å²) in [6, 6.07) is 12.6. The third-order valence-corrected chi connectivity index (χ3v) is 6.95. The van der Waals surface area contributed by atoms with Gasteiger partial charge in [0.05, 0.1) is 6.54 Å². The van der Waals surface area contributed by atoms with E-state index in [4.69, 9.17) is 10.1 Å². The Morgan fingerprint density at radius 2 is 1.89 bits per heavy atom. The largest absolute Gasteiger partial charge is 0.252 e. The summed E-state index contributed by atoms with van der Waals surface area (Å²) in [6.45, 7) is 2.98. The SMILES string of the molecule is CCCCCc1nc(CC2CCCCC2)nn1Cc1ccc(-c2cccnc2-c2nn[nH]n2)cc1.